The molecule has 104 valence electrons. The Labute approximate surface area is 111 Å². The molecule has 1 atom stereocenters. The van der Waals surface area contributed by atoms with Gasteiger partial charge in [-0.2, -0.15) is 0 Å². The molecule has 2 aliphatic rings. The highest BCUT2D eigenvalue weighted by molar-refractivity contribution is 5.74. The second-order valence-electron chi connectivity index (χ2n) is 6.78. The van der Waals surface area contributed by atoms with Crippen molar-refractivity contribution < 1.29 is 9.90 Å². The quantitative estimate of drug-likeness (QED) is 0.837. The van der Waals surface area contributed by atoms with Gasteiger partial charge in [0.25, 0.3) is 0 Å². The van der Waals surface area contributed by atoms with Crippen molar-refractivity contribution in [2.75, 3.05) is 19.6 Å². The summed E-state index contributed by atoms with van der Waals surface area (Å²) in [7, 11) is 0. The van der Waals surface area contributed by atoms with E-state index in [1.54, 1.807) is 0 Å². The summed E-state index contributed by atoms with van der Waals surface area (Å²) < 4.78 is 0. The third-order valence-electron chi connectivity index (χ3n) is 5.07. The molecule has 0 amide bonds. The third kappa shape index (κ3) is 3.05. The van der Waals surface area contributed by atoms with Crippen molar-refractivity contribution in [2.45, 2.75) is 52.4 Å². The van der Waals surface area contributed by atoms with Gasteiger partial charge in [-0.1, -0.05) is 12.8 Å². The zero-order chi connectivity index (χ0) is 13.2. The zero-order valence-corrected chi connectivity index (χ0v) is 11.8. The van der Waals surface area contributed by atoms with Crippen molar-refractivity contribution in [2.24, 2.45) is 17.3 Å². The van der Waals surface area contributed by atoms with Gasteiger partial charge in [0.1, 0.15) is 0 Å². The number of rotatable bonds is 4. The van der Waals surface area contributed by atoms with Crippen LogP contribution in [0.25, 0.3) is 0 Å². The van der Waals surface area contributed by atoms with E-state index in [4.69, 9.17) is 0 Å². The standard InChI is InChI=1S/C15H27NO2/c1-15(2,14(17)18)13-8-5-9-16(11-13)10-12-6-3-4-7-12/h12-13H,3-11H2,1-2H3,(H,17,18). The smallest absolute Gasteiger partial charge is 0.309 e. The van der Waals surface area contributed by atoms with Crippen LogP contribution in [0.3, 0.4) is 0 Å². The first-order valence-electron chi connectivity index (χ1n) is 7.46. The van der Waals surface area contributed by atoms with Gasteiger partial charge in [-0.15, -0.1) is 0 Å². The first-order valence-corrected chi connectivity index (χ1v) is 7.46. The molecule has 1 unspecified atom stereocenters. The lowest BCUT2D eigenvalue weighted by Gasteiger charge is -2.40. The van der Waals surface area contributed by atoms with E-state index in [2.05, 4.69) is 4.90 Å². The van der Waals surface area contributed by atoms with Crippen molar-refractivity contribution in [1.82, 2.24) is 4.90 Å². The number of carboxylic acids is 1. The molecule has 3 heteroatoms. The lowest BCUT2D eigenvalue weighted by Crippen LogP contribution is -2.45. The third-order valence-corrected chi connectivity index (χ3v) is 5.07. The molecule has 0 aromatic carbocycles. The first-order chi connectivity index (χ1) is 8.50. The number of likely N-dealkylation sites (tertiary alicyclic amines) is 1. The van der Waals surface area contributed by atoms with E-state index in [9.17, 15) is 9.90 Å². The summed E-state index contributed by atoms with van der Waals surface area (Å²) in [5, 5.41) is 9.35. The number of hydrogen-bond donors (Lipinski definition) is 1. The minimum absolute atomic E-state index is 0.310. The normalized spacial score (nSPS) is 27.6. The Morgan fingerprint density at radius 1 is 1.22 bits per heavy atom. The molecule has 18 heavy (non-hydrogen) atoms. The number of piperidine rings is 1. The topological polar surface area (TPSA) is 40.5 Å². The summed E-state index contributed by atoms with van der Waals surface area (Å²) in [6.45, 7) is 7.13. The van der Waals surface area contributed by atoms with Crippen LogP contribution in [-0.4, -0.2) is 35.6 Å². The van der Waals surface area contributed by atoms with Crippen molar-refractivity contribution >= 4 is 5.97 Å². The average Bonchev–Trinajstić information content (AvgIpc) is 2.82. The molecule has 1 aliphatic carbocycles. The van der Waals surface area contributed by atoms with Gasteiger partial charge >= 0.3 is 5.97 Å². The van der Waals surface area contributed by atoms with E-state index in [1.165, 1.54) is 38.8 Å². The number of carboxylic acid groups (broad SMARTS) is 1. The van der Waals surface area contributed by atoms with E-state index in [0.29, 0.717) is 5.92 Å². The Bertz CT molecular complexity index is 295. The molecule has 1 heterocycles. The van der Waals surface area contributed by atoms with Gasteiger partial charge in [0.2, 0.25) is 0 Å². The summed E-state index contributed by atoms with van der Waals surface area (Å²) in [6, 6.07) is 0. The van der Waals surface area contributed by atoms with Crippen LogP contribution in [0.5, 0.6) is 0 Å². The summed E-state index contributed by atoms with van der Waals surface area (Å²) in [6.07, 6.45) is 7.77. The molecular formula is C15H27NO2. The van der Waals surface area contributed by atoms with Crippen LogP contribution in [0.15, 0.2) is 0 Å². The minimum Gasteiger partial charge on any atom is -0.481 e. The Morgan fingerprint density at radius 3 is 2.50 bits per heavy atom. The van der Waals surface area contributed by atoms with Crippen molar-refractivity contribution in [1.29, 1.82) is 0 Å². The molecule has 0 spiro atoms. The Kier molecular flexibility index (Phi) is 4.31. The van der Waals surface area contributed by atoms with E-state index < -0.39 is 11.4 Å². The molecule has 0 bridgehead atoms. The van der Waals surface area contributed by atoms with Gasteiger partial charge < -0.3 is 10.0 Å². The van der Waals surface area contributed by atoms with E-state index in [1.807, 2.05) is 13.8 Å². The maximum Gasteiger partial charge on any atom is 0.309 e. The van der Waals surface area contributed by atoms with Crippen LogP contribution in [0.2, 0.25) is 0 Å². The summed E-state index contributed by atoms with van der Waals surface area (Å²) in [5.74, 6) is 0.539. The van der Waals surface area contributed by atoms with Crippen LogP contribution in [0, 0.1) is 17.3 Å². The number of carbonyl (C=O) groups is 1. The molecule has 1 aliphatic heterocycles. The Balaban J connectivity index is 1.89. The van der Waals surface area contributed by atoms with Crippen LogP contribution in [0.4, 0.5) is 0 Å². The fraction of sp³-hybridized carbons (Fsp3) is 0.933. The predicted molar refractivity (Wildman–Crippen MR) is 72.5 cm³/mol. The van der Waals surface area contributed by atoms with Crippen LogP contribution >= 0.6 is 0 Å². The van der Waals surface area contributed by atoms with Gasteiger partial charge in [0.05, 0.1) is 5.41 Å². The van der Waals surface area contributed by atoms with Crippen molar-refractivity contribution in [3.8, 4) is 0 Å². The summed E-state index contributed by atoms with van der Waals surface area (Å²) >= 11 is 0. The fourth-order valence-corrected chi connectivity index (χ4v) is 3.54. The highest BCUT2D eigenvalue weighted by Gasteiger charge is 2.39. The molecule has 2 fully saturated rings. The number of nitrogens with zero attached hydrogens (tertiary/aromatic N) is 1. The molecule has 0 aromatic heterocycles. The maximum absolute atomic E-state index is 11.4. The van der Waals surface area contributed by atoms with Gasteiger partial charge in [0.15, 0.2) is 0 Å². The molecular weight excluding hydrogens is 226 g/mol. The molecule has 1 saturated heterocycles. The summed E-state index contributed by atoms with van der Waals surface area (Å²) in [5.41, 5.74) is -0.575. The molecule has 0 aromatic rings. The van der Waals surface area contributed by atoms with Crippen molar-refractivity contribution in [3.05, 3.63) is 0 Å². The zero-order valence-electron chi connectivity index (χ0n) is 11.8. The Hall–Kier alpha value is -0.570. The molecule has 1 N–H and O–H groups in total. The summed E-state index contributed by atoms with van der Waals surface area (Å²) in [4.78, 5) is 13.9. The largest absolute Gasteiger partial charge is 0.481 e. The number of aliphatic carboxylic acids is 1. The van der Waals surface area contributed by atoms with E-state index in [0.717, 1.165) is 25.3 Å². The molecule has 1 saturated carbocycles. The molecule has 2 rings (SSSR count). The van der Waals surface area contributed by atoms with E-state index in [-0.39, 0.29) is 0 Å². The van der Waals surface area contributed by atoms with Gasteiger partial charge in [-0.3, -0.25) is 4.79 Å². The number of hydrogen-bond acceptors (Lipinski definition) is 2. The fourth-order valence-electron chi connectivity index (χ4n) is 3.54. The van der Waals surface area contributed by atoms with Crippen molar-refractivity contribution in [3.63, 3.8) is 0 Å². The second kappa shape index (κ2) is 5.60. The van der Waals surface area contributed by atoms with Crippen LogP contribution < -0.4 is 0 Å². The minimum atomic E-state index is -0.643. The van der Waals surface area contributed by atoms with Gasteiger partial charge in [0, 0.05) is 13.1 Å². The van der Waals surface area contributed by atoms with E-state index >= 15 is 0 Å². The lowest BCUT2D eigenvalue weighted by molar-refractivity contribution is -0.151. The molecule has 0 radical (unpaired) electrons. The first kappa shape index (κ1) is 13.9. The average molecular weight is 253 g/mol. The highest BCUT2D eigenvalue weighted by Crippen LogP contribution is 2.35. The van der Waals surface area contributed by atoms with Crippen LogP contribution in [-0.2, 0) is 4.79 Å². The monoisotopic (exact) mass is 253 g/mol. The second-order valence-corrected chi connectivity index (χ2v) is 6.78. The van der Waals surface area contributed by atoms with Gasteiger partial charge in [-0.05, 0) is 57.9 Å². The van der Waals surface area contributed by atoms with Crippen LogP contribution in [0.1, 0.15) is 52.4 Å². The predicted octanol–water partition coefficient (Wildman–Crippen LogP) is 3.00. The Morgan fingerprint density at radius 2 is 1.89 bits per heavy atom. The maximum atomic E-state index is 11.4. The highest BCUT2D eigenvalue weighted by atomic mass is 16.4. The molecule has 3 nitrogen and oxygen atoms in total. The lowest BCUT2D eigenvalue weighted by atomic mass is 9.74. The SMILES string of the molecule is CC(C)(C(=O)O)C1CCCN(CC2CCCC2)C1. The van der Waals surface area contributed by atoms with Gasteiger partial charge in [-0.25, -0.2) is 0 Å².